The summed E-state index contributed by atoms with van der Waals surface area (Å²) in [5.41, 5.74) is 1.31. The number of sulfone groups is 1. The van der Waals surface area contributed by atoms with E-state index < -0.39 is 9.84 Å². The van der Waals surface area contributed by atoms with Crippen LogP contribution in [0.3, 0.4) is 0 Å². The Kier molecular flexibility index (Phi) is 5.57. The molecule has 3 aromatic rings. The number of rotatable bonds is 6. The molecule has 140 valence electrons. The van der Waals surface area contributed by atoms with Crippen molar-refractivity contribution >= 4 is 33.2 Å². The first-order chi connectivity index (χ1) is 12.8. The first-order valence-electron chi connectivity index (χ1n) is 7.87. The van der Waals surface area contributed by atoms with Gasteiger partial charge in [-0.15, -0.1) is 10.2 Å². The van der Waals surface area contributed by atoms with Crippen molar-refractivity contribution in [2.45, 2.75) is 10.1 Å². The second-order valence-corrected chi connectivity index (χ2v) is 8.70. The van der Waals surface area contributed by atoms with Gasteiger partial charge in [0.05, 0.1) is 10.6 Å². The van der Waals surface area contributed by atoms with Gasteiger partial charge >= 0.3 is 0 Å². The summed E-state index contributed by atoms with van der Waals surface area (Å²) in [5, 5.41) is 11.6. The number of carbonyl (C=O) groups excluding carboxylic acids is 1. The number of pyridine rings is 1. The van der Waals surface area contributed by atoms with E-state index >= 15 is 0 Å². The van der Waals surface area contributed by atoms with Crippen LogP contribution in [-0.4, -0.2) is 46.1 Å². The molecule has 0 fully saturated rings. The molecule has 2 heterocycles. The number of hydrogen-bond donors (Lipinski definition) is 1. The molecule has 1 amide bonds. The summed E-state index contributed by atoms with van der Waals surface area (Å²) in [6.45, 7) is 0. The SMILES string of the molecule is Cn1c(SCC(=O)Nc2cccc(S(C)(=O)=O)c2)nnc1-c1ccncc1. The summed E-state index contributed by atoms with van der Waals surface area (Å²) in [4.78, 5) is 16.3. The Labute approximate surface area is 161 Å². The number of amides is 1. The molecule has 0 saturated heterocycles. The minimum Gasteiger partial charge on any atom is -0.325 e. The van der Waals surface area contributed by atoms with Crippen LogP contribution in [0, 0.1) is 0 Å². The van der Waals surface area contributed by atoms with Crippen LogP contribution in [0.15, 0.2) is 58.8 Å². The highest BCUT2D eigenvalue weighted by atomic mass is 32.2. The number of aromatic nitrogens is 4. The van der Waals surface area contributed by atoms with E-state index in [1.165, 1.54) is 23.9 Å². The van der Waals surface area contributed by atoms with Gasteiger partial charge in [-0.3, -0.25) is 9.78 Å². The van der Waals surface area contributed by atoms with E-state index in [2.05, 4.69) is 20.5 Å². The van der Waals surface area contributed by atoms with Crippen molar-refractivity contribution in [3.8, 4) is 11.4 Å². The molecule has 0 unspecified atom stereocenters. The average Bonchev–Trinajstić information content (AvgIpc) is 3.01. The van der Waals surface area contributed by atoms with Crippen molar-refractivity contribution in [2.75, 3.05) is 17.3 Å². The van der Waals surface area contributed by atoms with Crippen LogP contribution in [0.4, 0.5) is 5.69 Å². The maximum atomic E-state index is 12.2. The molecule has 27 heavy (non-hydrogen) atoms. The van der Waals surface area contributed by atoms with Gasteiger partial charge in [0.1, 0.15) is 0 Å². The minimum atomic E-state index is -3.33. The van der Waals surface area contributed by atoms with E-state index in [0.29, 0.717) is 16.7 Å². The number of anilines is 1. The zero-order valence-electron chi connectivity index (χ0n) is 14.7. The van der Waals surface area contributed by atoms with Crippen LogP contribution in [0.25, 0.3) is 11.4 Å². The highest BCUT2D eigenvalue weighted by molar-refractivity contribution is 7.99. The predicted molar refractivity (Wildman–Crippen MR) is 103 cm³/mol. The Morgan fingerprint density at radius 3 is 2.63 bits per heavy atom. The topological polar surface area (TPSA) is 107 Å². The fourth-order valence-electron chi connectivity index (χ4n) is 2.32. The summed E-state index contributed by atoms with van der Waals surface area (Å²) >= 11 is 1.24. The molecule has 3 rings (SSSR count). The van der Waals surface area contributed by atoms with Crippen LogP contribution in [0.1, 0.15) is 0 Å². The van der Waals surface area contributed by atoms with Gasteiger partial charge in [0.15, 0.2) is 20.8 Å². The smallest absolute Gasteiger partial charge is 0.234 e. The largest absolute Gasteiger partial charge is 0.325 e. The van der Waals surface area contributed by atoms with E-state index in [-0.39, 0.29) is 16.6 Å². The second-order valence-electron chi connectivity index (χ2n) is 5.74. The molecule has 0 radical (unpaired) electrons. The van der Waals surface area contributed by atoms with Crippen molar-refractivity contribution in [3.05, 3.63) is 48.8 Å². The lowest BCUT2D eigenvalue weighted by molar-refractivity contribution is -0.113. The van der Waals surface area contributed by atoms with E-state index in [4.69, 9.17) is 0 Å². The second kappa shape index (κ2) is 7.89. The molecule has 10 heteroatoms. The number of nitrogens with zero attached hydrogens (tertiary/aromatic N) is 4. The van der Waals surface area contributed by atoms with Crippen LogP contribution < -0.4 is 5.32 Å². The first-order valence-corrected chi connectivity index (χ1v) is 10.7. The third-order valence-corrected chi connectivity index (χ3v) is 5.78. The van der Waals surface area contributed by atoms with Gasteiger partial charge < -0.3 is 9.88 Å². The van der Waals surface area contributed by atoms with Crippen molar-refractivity contribution in [1.82, 2.24) is 19.7 Å². The number of hydrogen-bond acceptors (Lipinski definition) is 7. The van der Waals surface area contributed by atoms with Gasteiger partial charge in [0.2, 0.25) is 5.91 Å². The standard InChI is InChI=1S/C17H17N5O3S2/c1-22-16(12-6-8-18-9-7-12)20-21-17(22)26-11-15(23)19-13-4-3-5-14(10-13)27(2,24)25/h3-10H,11H2,1-2H3,(H,19,23). The fourth-order valence-corrected chi connectivity index (χ4v) is 3.70. The van der Waals surface area contributed by atoms with Crippen molar-refractivity contribution in [3.63, 3.8) is 0 Å². The van der Waals surface area contributed by atoms with Crippen molar-refractivity contribution < 1.29 is 13.2 Å². The zero-order chi connectivity index (χ0) is 19.4. The lowest BCUT2D eigenvalue weighted by Crippen LogP contribution is -2.14. The monoisotopic (exact) mass is 403 g/mol. The van der Waals surface area contributed by atoms with Gasteiger partial charge in [-0.1, -0.05) is 17.8 Å². The normalized spacial score (nSPS) is 11.3. The molecule has 1 N–H and O–H groups in total. The zero-order valence-corrected chi connectivity index (χ0v) is 16.3. The molecule has 0 aliphatic carbocycles. The minimum absolute atomic E-state index is 0.116. The van der Waals surface area contributed by atoms with Crippen LogP contribution in [0.2, 0.25) is 0 Å². The van der Waals surface area contributed by atoms with Crippen LogP contribution >= 0.6 is 11.8 Å². The van der Waals surface area contributed by atoms with E-state index in [1.54, 1.807) is 29.1 Å². The quantitative estimate of drug-likeness (QED) is 0.627. The molecule has 1 aromatic carbocycles. The Morgan fingerprint density at radius 2 is 1.93 bits per heavy atom. The number of carbonyl (C=O) groups is 1. The van der Waals surface area contributed by atoms with Crippen molar-refractivity contribution in [2.24, 2.45) is 7.05 Å². The Bertz CT molecular complexity index is 1070. The lowest BCUT2D eigenvalue weighted by Gasteiger charge is -2.07. The number of benzene rings is 1. The highest BCUT2D eigenvalue weighted by Crippen LogP contribution is 2.22. The van der Waals surface area contributed by atoms with Gasteiger partial charge in [-0.25, -0.2) is 8.42 Å². The third-order valence-electron chi connectivity index (χ3n) is 3.65. The summed E-state index contributed by atoms with van der Waals surface area (Å²) in [5.74, 6) is 0.533. The van der Waals surface area contributed by atoms with Crippen LogP contribution in [0.5, 0.6) is 0 Å². The van der Waals surface area contributed by atoms with Gasteiger partial charge in [0.25, 0.3) is 0 Å². The molecular formula is C17H17N5O3S2. The molecule has 0 atom stereocenters. The van der Waals surface area contributed by atoms with Crippen molar-refractivity contribution in [1.29, 1.82) is 0 Å². The Hall–Kier alpha value is -2.72. The fraction of sp³-hybridized carbons (Fsp3) is 0.176. The maximum absolute atomic E-state index is 12.2. The molecule has 2 aromatic heterocycles. The maximum Gasteiger partial charge on any atom is 0.234 e. The highest BCUT2D eigenvalue weighted by Gasteiger charge is 2.13. The Morgan fingerprint density at radius 1 is 1.19 bits per heavy atom. The van der Waals surface area contributed by atoms with Gasteiger partial charge in [-0.2, -0.15) is 0 Å². The average molecular weight is 403 g/mol. The number of nitrogens with one attached hydrogen (secondary N) is 1. The molecule has 0 spiro atoms. The van der Waals surface area contributed by atoms with E-state index in [1.807, 2.05) is 19.2 Å². The molecular weight excluding hydrogens is 386 g/mol. The lowest BCUT2D eigenvalue weighted by atomic mass is 10.2. The molecule has 0 aliphatic heterocycles. The van der Waals surface area contributed by atoms with E-state index in [9.17, 15) is 13.2 Å². The molecule has 0 aliphatic rings. The molecule has 8 nitrogen and oxygen atoms in total. The predicted octanol–water partition coefficient (Wildman–Crippen LogP) is 2.01. The summed E-state index contributed by atoms with van der Waals surface area (Å²) in [6, 6.07) is 9.81. The van der Waals surface area contributed by atoms with Gasteiger partial charge in [0, 0.05) is 36.9 Å². The summed E-state index contributed by atoms with van der Waals surface area (Å²) in [7, 11) is -1.50. The molecule has 0 bridgehead atoms. The summed E-state index contributed by atoms with van der Waals surface area (Å²) in [6.07, 6.45) is 4.47. The van der Waals surface area contributed by atoms with Crippen LogP contribution in [-0.2, 0) is 21.7 Å². The van der Waals surface area contributed by atoms with E-state index in [0.717, 1.165) is 11.8 Å². The summed E-state index contributed by atoms with van der Waals surface area (Å²) < 4.78 is 25.0. The number of thioether (sulfide) groups is 1. The molecule has 0 saturated carbocycles. The third kappa shape index (κ3) is 4.72. The van der Waals surface area contributed by atoms with Gasteiger partial charge in [-0.05, 0) is 30.3 Å². The first kappa shape index (κ1) is 19.1. The Balaban J connectivity index is 1.64.